The Bertz CT molecular complexity index is 1100. The Morgan fingerprint density at radius 1 is 0.929 bits per heavy atom. The molecule has 136 valence electrons. The summed E-state index contributed by atoms with van der Waals surface area (Å²) in [5.74, 6) is -0.216. The lowest BCUT2D eigenvalue weighted by Crippen LogP contribution is -2.16. The molecule has 2 aromatic carbocycles. The molecule has 0 aliphatic heterocycles. The quantitative estimate of drug-likeness (QED) is 0.557. The second-order valence-corrected chi connectivity index (χ2v) is 6.15. The minimum absolute atomic E-state index is 0.216. The molecule has 0 bridgehead atoms. The Balaban J connectivity index is 1.52. The highest BCUT2D eigenvalue weighted by molar-refractivity contribution is 6.03. The highest BCUT2D eigenvalue weighted by Crippen LogP contribution is 2.16. The Labute approximate surface area is 163 Å². The summed E-state index contributed by atoms with van der Waals surface area (Å²) in [6.07, 6.45) is 8.85. The molecule has 5 nitrogen and oxygen atoms in total. The van der Waals surface area contributed by atoms with E-state index in [4.69, 9.17) is 0 Å². The van der Waals surface area contributed by atoms with Crippen LogP contribution in [0.2, 0.25) is 0 Å². The molecule has 2 heterocycles. The number of nitrogens with zero attached hydrogens (tertiary/aromatic N) is 3. The highest BCUT2D eigenvalue weighted by Gasteiger charge is 2.13. The first-order valence-electron chi connectivity index (χ1n) is 8.88. The third-order valence-corrected chi connectivity index (χ3v) is 4.18. The molecule has 0 spiro atoms. The molecule has 4 aromatic rings. The zero-order valence-electron chi connectivity index (χ0n) is 15.1. The Hall–Kier alpha value is -3.99. The van der Waals surface area contributed by atoms with Crippen LogP contribution in [0.1, 0.15) is 21.7 Å². The van der Waals surface area contributed by atoms with Crippen molar-refractivity contribution < 1.29 is 4.79 Å². The average molecular weight is 366 g/mol. The van der Waals surface area contributed by atoms with E-state index in [-0.39, 0.29) is 5.91 Å². The zero-order valence-corrected chi connectivity index (χ0v) is 15.1. The molecule has 1 N–H and O–H groups in total. The van der Waals surface area contributed by atoms with Gasteiger partial charge in [0, 0.05) is 17.6 Å². The monoisotopic (exact) mass is 366 g/mol. The van der Waals surface area contributed by atoms with Crippen LogP contribution in [0.3, 0.4) is 0 Å². The van der Waals surface area contributed by atoms with Crippen LogP contribution in [-0.4, -0.2) is 20.4 Å². The fraction of sp³-hybridized carbons (Fsp3) is 0. The number of aromatic nitrogens is 3. The molecule has 0 fully saturated rings. The summed E-state index contributed by atoms with van der Waals surface area (Å²) < 4.78 is 1.76. The fourth-order valence-electron chi connectivity index (χ4n) is 2.83. The first kappa shape index (κ1) is 17.4. The maximum absolute atomic E-state index is 12.8. The van der Waals surface area contributed by atoms with E-state index in [1.54, 1.807) is 23.3 Å². The van der Waals surface area contributed by atoms with Crippen molar-refractivity contribution in [2.45, 2.75) is 0 Å². The first-order chi connectivity index (χ1) is 13.8. The van der Waals surface area contributed by atoms with E-state index in [1.807, 2.05) is 84.9 Å². The predicted octanol–water partition coefficient (Wildman–Crippen LogP) is 4.69. The van der Waals surface area contributed by atoms with Crippen LogP contribution >= 0.6 is 0 Å². The number of pyridine rings is 1. The molecule has 4 rings (SSSR count). The van der Waals surface area contributed by atoms with Gasteiger partial charge < -0.3 is 5.32 Å². The summed E-state index contributed by atoms with van der Waals surface area (Å²) in [7, 11) is 0. The van der Waals surface area contributed by atoms with Crippen molar-refractivity contribution in [1.82, 2.24) is 14.5 Å². The van der Waals surface area contributed by atoms with Crippen LogP contribution in [-0.2, 0) is 0 Å². The predicted molar refractivity (Wildman–Crippen MR) is 111 cm³/mol. The number of hydrogen-bond acceptors (Lipinski definition) is 3. The summed E-state index contributed by atoms with van der Waals surface area (Å²) in [6.45, 7) is 0. The second-order valence-electron chi connectivity index (χ2n) is 6.15. The van der Waals surface area contributed by atoms with Gasteiger partial charge in [-0.05, 0) is 48.0 Å². The number of para-hydroxylation sites is 1. The maximum atomic E-state index is 12.8. The van der Waals surface area contributed by atoms with Crippen molar-refractivity contribution in [2.75, 3.05) is 5.32 Å². The largest absolute Gasteiger partial charge is 0.321 e. The molecule has 0 saturated carbocycles. The van der Waals surface area contributed by atoms with E-state index in [0.717, 1.165) is 16.9 Å². The van der Waals surface area contributed by atoms with Crippen molar-refractivity contribution >= 4 is 23.7 Å². The second kappa shape index (κ2) is 8.14. The van der Waals surface area contributed by atoms with Gasteiger partial charge >= 0.3 is 0 Å². The van der Waals surface area contributed by atoms with Gasteiger partial charge in [-0.1, -0.05) is 42.5 Å². The Morgan fingerprint density at radius 2 is 1.79 bits per heavy atom. The number of anilines is 1. The lowest BCUT2D eigenvalue weighted by molar-refractivity contribution is 0.102. The van der Waals surface area contributed by atoms with Crippen molar-refractivity contribution in [3.05, 3.63) is 108 Å². The van der Waals surface area contributed by atoms with Gasteiger partial charge in [0.05, 0.1) is 18.2 Å². The molecule has 0 aliphatic rings. The van der Waals surface area contributed by atoms with Gasteiger partial charge in [0.25, 0.3) is 5.91 Å². The molecule has 0 atom stereocenters. The highest BCUT2D eigenvalue weighted by atomic mass is 16.2. The molecule has 5 heteroatoms. The standard InChI is InChI=1S/C23H18N4O/c28-23(22-16-24-17-27(22)21-10-2-1-3-11-21)26-20-9-6-7-18(15-20)12-13-19-8-4-5-14-25-19/h1-17H,(H,26,28)/b13-12+. The summed E-state index contributed by atoms with van der Waals surface area (Å²) >= 11 is 0. The summed E-state index contributed by atoms with van der Waals surface area (Å²) in [5, 5.41) is 2.94. The van der Waals surface area contributed by atoms with E-state index in [9.17, 15) is 4.79 Å². The minimum Gasteiger partial charge on any atom is -0.321 e. The van der Waals surface area contributed by atoms with Crippen LogP contribution in [0.5, 0.6) is 0 Å². The third-order valence-electron chi connectivity index (χ3n) is 4.18. The number of carbonyl (C=O) groups excluding carboxylic acids is 1. The Morgan fingerprint density at radius 3 is 2.61 bits per heavy atom. The molecule has 0 unspecified atom stereocenters. The van der Waals surface area contributed by atoms with Crippen LogP contribution in [0.25, 0.3) is 17.8 Å². The van der Waals surface area contributed by atoms with E-state index >= 15 is 0 Å². The van der Waals surface area contributed by atoms with E-state index in [0.29, 0.717) is 11.4 Å². The first-order valence-corrected chi connectivity index (χ1v) is 8.88. The number of benzene rings is 2. The zero-order chi connectivity index (χ0) is 19.2. The van der Waals surface area contributed by atoms with E-state index in [1.165, 1.54) is 0 Å². The van der Waals surface area contributed by atoms with Crippen molar-refractivity contribution in [3.63, 3.8) is 0 Å². The molecule has 0 radical (unpaired) electrons. The lowest BCUT2D eigenvalue weighted by atomic mass is 10.1. The van der Waals surface area contributed by atoms with Crippen LogP contribution < -0.4 is 5.32 Å². The number of carbonyl (C=O) groups is 1. The number of hydrogen-bond donors (Lipinski definition) is 1. The van der Waals surface area contributed by atoms with Crippen molar-refractivity contribution in [1.29, 1.82) is 0 Å². The van der Waals surface area contributed by atoms with Gasteiger partial charge in [-0.3, -0.25) is 14.3 Å². The van der Waals surface area contributed by atoms with Gasteiger partial charge in [0.15, 0.2) is 0 Å². The van der Waals surface area contributed by atoms with Gasteiger partial charge in [0.1, 0.15) is 5.69 Å². The number of amides is 1. The smallest absolute Gasteiger partial charge is 0.274 e. The van der Waals surface area contributed by atoms with Gasteiger partial charge in [0.2, 0.25) is 0 Å². The SMILES string of the molecule is O=C(Nc1cccc(/C=C/c2ccccn2)c1)c1cncn1-c1ccccc1. The van der Waals surface area contributed by atoms with Gasteiger partial charge in [-0.25, -0.2) is 4.98 Å². The Kier molecular flexibility index (Phi) is 5.06. The van der Waals surface area contributed by atoms with Crippen molar-refractivity contribution in [2.24, 2.45) is 0 Å². The normalized spacial score (nSPS) is 10.9. The van der Waals surface area contributed by atoms with Crippen LogP contribution in [0.15, 0.2) is 91.5 Å². The van der Waals surface area contributed by atoms with Gasteiger partial charge in [-0.2, -0.15) is 0 Å². The lowest BCUT2D eigenvalue weighted by Gasteiger charge is -2.09. The minimum atomic E-state index is -0.216. The number of rotatable bonds is 5. The van der Waals surface area contributed by atoms with E-state index < -0.39 is 0 Å². The molecule has 1 amide bonds. The van der Waals surface area contributed by atoms with Gasteiger partial charge in [-0.15, -0.1) is 0 Å². The molecule has 0 saturated heterocycles. The maximum Gasteiger partial charge on any atom is 0.274 e. The fourth-order valence-corrected chi connectivity index (χ4v) is 2.83. The summed E-state index contributed by atoms with van der Waals surface area (Å²) in [4.78, 5) is 21.2. The number of nitrogens with one attached hydrogen (secondary N) is 1. The van der Waals surface area contributed by atoms with E-state index in [2.05, 4.69) is 15.3 Å². The number of imidazole rings is 1. The third kappa shape index (κ3) is 4.04. The van der Waals surface area contributed by atoms with Crippen molar-refractivity contribution in [3.8, 4) is 5.69 Å². The molecular weight excluding hydrogens is 348 g/mol. The average Bonchev–Trinajstić information content (AvgIpc) is 3.24. The summed E-state index contributed by atoms with van der Waals surface area (Å²) in [6, 6.07) is 23.1. The van der Waals surface area contributed by atoms with Crippen LogP contribution in [0, 0.1) is 0 Å². The molecule has 2 aromatic heterocycles. The molecular formula is C23H18N4O. The van der Waals surface area contributed by atoms with Crippen LogP contribution in [0.4, 0.5) is 5.69 Å². The molecule has 28 heavy (non-hydrogen) atoms. The topological polar surface area (TPSA) is 59.8 Å². The molecule has 0 aliphatic carbocycles. The summed E-state index contributed by atoms with van der Waals surface area (Å²) in [5.41, 5.74) is 3.93.